The van der Waals surface area contributed by atoms with Crippen LogP contribution in [0.2, 0.25) is 0 Å². The first kappa shape index (κ1) is 18.0. The van der Waals surface area contributed by atoms with E-state index >= 15 is 0 Å². The monoisotopic (exact) mass is 378 g/mol. The molecule has 2 amide bonds. The average molecular weight is 378 g/mol. The largest absolute Gasteiger partial charge is 0.439 e. The van der Waals surface area contributed by atoms with E-state index in [2.05, 4.69) is 25.5 Å². The lowest BCUT2D eigenvalue weighted by molar-refractivity contribution is 0.191. The van der Waals surface area contributed by atoms with Gasteiger partial charge in [0.2, 0.25) is 5.88 Å². The molecule has 0 saturated carbocycles. The molecular weight excluding hydrogens is 356 g/mol. The van der Waals surface area contributed by atoms with Crippen LogP contribution in [-0.2, 0) is 0 Å². The summed E-state index contributed by atoms with van der Waals surface area (Å²) >= 11 is 0. The van der Waals surface area contributed by atoms with Gasteiger partial charge >= 0.3 is 6.03 Å². The van der Waals surface area contributed by atoms with Crippen LogP contribution in [-0.4, -0.2) is 44.2 Å². The first-order chi connectivity index (χ1) is 13.7. The number of nitrogens with zero attached hydrogens (tertiary/aromatic N) is 4. The van der Waals surface area contributed by atoms with Gasteiger partial charge in [-0.25, -0.2) is 14.8 Å². The van der Waals surface area contributed by atoms with E-state index in [0.29, 0.717) is 30.4 Å². The fourth-order valence-electron chi connectivity index (χ4n) is 3.24. The number of anilines is 1. The van der Waals surface area contributed by atoms with E-state index in [1.807, 2.05) is 37.3 Å². The number of likely N-dealkylation sites (tertiary alicyclic amines) is 1. The Morgan fingerprint density at radius 3 is 2.82 bits per heavy atom. The van der Waals surface area contributed by atoms with Gasteiger partial charge in [-0.3, -0.25) is 5.10 Å². The standard InChI is InChI=1S/C20H22N6O2/c1-14-22-19(25-24-14)15-6-5-11-26(13-15)20(27)23-16-9-10-18(21-12-16)28-17-7-3-2-4-8-17/h2-4,7-10,12,15H,5-6,11,13H2,1H3,(H,23,27)(H,22,24,25)/t15-/m0/s1. The molecule has 144 valence electrons. The molecule has 0 unspecified atom stereocenters. The van der Waals surface area contributed by atoms with E-state index in [0.717, 1.165) is 24.5 Å². The predicted octanol–water partition coefficient (Wildman–Crippen LogP) is 3.71. The van der Waals surface area contributed by atoms with Crippen molar-refractivity contribution >= 4 is 11.7 Å². The van der Waals surface area contributed by atoms with Crippen LogP contribution in [0.5, 0.6) is 11.6 Å². The summed E-state index contributed by atoms with van der Waals surface area (Å²) in [4.78, 5) is 23.1. The molecule has 1 aliphatic heterocycles. The maximum absolute atomic E-state index is 12.6. The highest BCUT2D eigenvalue weighted by atomic mass is 16.5. The molecule has 0 radical (unpaired) electrons. The normalized spacial score (nSPS) is 16.6. The van der Waals surface area contributed by atoms with Crippen molar-refractivity contribution in [2.45, 2.75) is 25.7 Å². The smallest absolute Gasteiger partial charge is 0.321 e. The number of aryl methyl sites for hydroxylation is 1. The molecule has 8 nitrogen and oxygen atoms in total. The number of H-pyrrole nitrogens is 1. The molecule has 4 rings (SSSR count). The van der Waals surface area contributed by atoms with Crippen molar-refractivity contribution in [2.75, 3.05) is 18.4 Å². The number of hydrogen-bond acceptors (Lipinski definition) is 5. The summed E-state index contributed by atoms with van der Waals surface area (Å²) in [5, 5.41) is 10.0. The number of carbonyl (C=O) groups is 1. The average Bonchev–Trinajstić information content (AvgIpc) is 3.17. The molecule has 8 heteroatoms. The Bertz CT molecular complexity index is 925. The molecule has 3 heterocycles. The fraction of sp³-hybridized carbons (Fsp3) is 0.300. The molecule has 0 bridgehead atoms. The van der Waals surface area contributed by atoms with Crippen LogP contribution in [0.3, 0.4) is 0 Å². The molecule has 1 atom stereocenters. The van der Waals surface area contributed by atoms with Gasteiger partial charge in [-0.1, -0.05) is 18.2 Å². The van der Waals surface area contributed by atoms with Gasteiger partial charge in [0.15, 0.2) is 5.82 Å². The summed E-state index contributed by atoms with van der Waals surface area (Å²) in [6.07, 6.45) is 3.50. The van der Waals surface area contributed by atoms with Crippen molar-refractivity contribution in [3.63, 3.8) is 0 Å². The van der Waals surface area contributed by atoms with Gasteiger partial charge in [-0.2, -0.15) is 5.10 Å². The molecule has 1 saturated heterocycles. The highest BCUT2D eigenvalue weighted by molar-refractivity contribution is 5.89. The molecule has 0 spiro atoms. The molecule has 2 aromatic heterocycles. The van der Waals surface area contributed by atoms with E-state index in [1.165, 1.54) is 0 Å². The van der Waals surface area contributed by atoms with Crippen molar-refractivity contribution in [2.24, 2.45) is 0 Å². The van der Waals surface area contributed by atoms with Gasteiger partial charge in [0.05, 0.1) is 11.9 Å². The number of amides is 2. The summed E-state index contributed by atoms with van der Waals surface area (Å²) in [6, 6.07) is 12.8. The quantitative estimate of drug-likeness (QED) is 0.721. The third-order valence-corrected chi connectivity index (χ3v) is 4.64. The van der Waals surface area contributed by atoms with Gasteiger partial charge in [-0.15, -0.1) is 0 Å². The number of carbonyl (C=O) groups excluding carboxylic acids is 1. The molecule has 28 heavy (non-hydrogen) atoms. The number of para-hydroxylation sites is 1. The Morgan fingerprint density at radius 1 is 1.25 bits per heavy atom. The van der Waals surface area contributed by atoms with Crippen molar-refractivity contribution in [3.05, 3.63) is 60.3 Å². The van der Waals surface area contributed by atoms with Crippen molar-refractivity contribution in [3.8, 4) is 11.6 Å². The maximum atomic E-state index is 12.6. The van der Waals surface area contributed by atoms with E-state index in [-0.39, 0.29) is 11.9 Å². The Labute approximate surface area is 163 Å². The van der Waals surface area contributed by atoms with Crippen LogP contribution in [0.4, 0.5) is 10.5 Å². The summed E-state index contributed by atoms with van der Waals surface area (Å²) in [7, 11) is 0. The van der Waals surface area contributed by atoms with E-state index in [9.17, 15) is 4.79 Å². The van der Waals surface area contributed by atoms with Crippen LogP contribution in [0, 0.1) is 6.92 Å². The maximum Gasteiger partial charge on any atom is 0.321 e. The second-order valence-corrected chi connectivity index (χ2v) is 6.79. The minimum Gasteiger partial charge on any atom is -0.439 e. The highest BCUT2D eigenvalue weighted by Gasteiger charge is 2.27. The van der Waals surface area contributed by atoms with Crippen LogP contribution in [0.25, 0.3) is 0 Å². The lowest BCUT2D eigenvalue weighted by atomic mass is 9.98. The lowest BCUT2D eigenvalue weighted by Gasteiger charge is -2.31. The van der Waals surface area contributed by atoms with E-state index < -0.39 is 0 Å². The second kappa shape index (κ2) is 8.08. The molecule has 3 aromatic rings. The third-order valence-electron chi connectivity index (χ3n) is 4.64. The Morgan fingerprint density at radius 2 is 2.11 bits per heavy atom. The Kier molecular flexibility index (Phi) is 5.18. The molecule has 1 aromatic carbocycles. The zero-order valence-electron chi connectivity index (χ0n) is 15.6. The number of aromatic nitrogens is 4. The summed E-state index contributed by atoms with van der Waals surface area (Å²) in [5.41, 5.74) is 0.626. The SMILES string of the molecule is Cc1nc([C@H]2CCCN(C(=O)Nc3ccc(Oc4ccccc4)nc3)C2)n[nH]1. The molecular formula is C20H22N6O2. The van der Waals surface area contributed by atoms with Gasteiger partial charge < -0.3 is 15.0 Å². The van der Waals surface area contributed by atoms with E-state index in [1.54, 1.807) is 23.2 Å². The first-order valence-electron chi connectivity index (χ1n) is 9.31. The van der Waals surface area contributed by atoms with Crippen molar-refractivity contribution in [1.82, 2.24) is 25.1 Å². The number of pyridine rings is 1. The van der Waals surface area contributed by atoms with Gasteiger partial charge in [-0.05, 0) is 38.0 Å². The number of aromatic amines is 1. The van der Waals surface area contributed by atoms with Gasteiger partial charge in [0.1, 0.15) is 11.6 Å². The number of hydrogen-bond donors (Lipinski definition) is 2. The van der Waals surface area contributed by atoms with Crippen molar-refractivity contribution in [1.29, 1.82) is 0 Å². The number of benzene rings is 1. The Balaban J connectivity index is 1.35. The Hall–Kier alpha value is -3.42. The third kappa shape index (κ3) is 4.28. The second-order valence-electron chi connectivity index (χ2n) is 6.79. The minimum absolute atomic E-state index is 0.143. The van der Waals surface area contributed by atoms with Crippen molar-refractivity contribution < 1.29 is 9.53 Å². The van der Waals surface area contributed by atoms with Crippen LogP contribution < -0.4 is 10.1 Å². The zero-order chi connectivity index (χ0) is 19.3. The van der Waals surface area contributed by atoms with Crippen LogP contribution in [0.15, 0.2) is 48.7 Å². The summed E-state index contributed by atoms with van der Waals surface area (Å²) < 4.78 is 5.67. The van der Waals surface area contributed by atoms with Gasteiger partial charge in [0.25, 0.3) is 0 Å². The molecule has 2 N–H and O–H groups in total. The number of urea groups is 1. The molecule has 1 aliphatic rings. The summed E-state index contributed by atoms with van der Waals surface area (Å²) in [6.45, 7) is 3.20. The molecule has 0 aliphatic carbocycles. The van der Waals surface area contributed by atoms with Crippen LogP contribution in [0.1, 0.15) is 30.4 Å². The topological polar surface area (TPSA) is 96.0 Å². The fourth-order valence-corrected chi connectivity index (χ4v) is 3.24. The first-order valence-corrected chi connectivity index (χ1v) is 9.31. The van der Waals surface area contributed by atoms with Crippen LogP contribution >= 0.6 is 0 Å². The number of rotatable bonds is 4. The number of piperidine rings is 1. The lowest BCUT2D eigenvalue weighted by Crippen LogP contribution is -2.41. The predicted molar refractivity (Wildman–Crippen MR) is 104 cm³/mol. The number of ether oxygens (including phenoxy) is 1. The highest BCUT2D eigenvalue weighted by Crippen LogP contribution is 2.25. The van der Waals surface area contributed by atoms with E-state index in [4.69, 9.17) is 4.74 Å². The number of nitrogens with one attached hydrogen (secondary N) is 2. The summed E-state index contributed by atoms with van der Waals surface area (Å²) in [5.74, 6) is 2.92. The van der Waals surface area contributed by atoms with Gasteiger partial charge in [0, 0.05) is 25.1 Å². The minimum atomic E-state index is -0.143. The molecule has 1 fully saturated rings. The zero-order valence-corrected chi connectivity index (χ0v) is 15.6.